The van der Waals surface area contributed by atoms with Crippen LogP contribution in [0.15, 0.2) is 120 Å². The van der Waals surface area contributed by atoms with Gasteiger partial charge in [0.15, 0.2) is 0 Å². The molecule has 0 amide bonds. The minimum atomic E-state index is 0.0292. The topological polar surface area (TPSA) is 30.1 Å². The molecule has 0 unspecified atom stereocenters. The lowest BCUT2D eigenvalue weighted by molar-refractivity contribution is 0.332. The van der Waals surface area contributed by atoms with E-state index in [9.17, 15) is 0 Å². The number of furan rings is 1. The third-order valence-electron chi connectivity index (χ3n) is 15.4. The molecule has 2 aliphatic rings. The maximum atomic E-state index is 6.93. The van der Waals surface area contributed by atoms with E-state index in [1.165, 1.54) is 113 Å². The monoisotopic (exact) mass is 893 g/mol. The van der Waals surface area contributed by atoms with Crippen molar-refractivity contribution in [2.75, 3.05) is 5.32 Å². The average Bonchev–Trinajstić information content (AvgIpc) is 4.02. The zero-order chi connectivity index (χ0) is 45.4. The Balaban J connectivity index is 1.11. The van der Waals surface area contributed by atoms with Crippen LogP contribution < -0.4 is 15.6 Å². The Kier molecular flexibility index (Phi) is 8.23. The molecule has 0 fully saturated rings. The molecule has 1 radical (unpaired) electrons. The van der Waals surface area contributed by atoms with Gasteiger partial charge in [0.1, 0.15) is 11.2 Å². The van der Waals surface area contributed by atoms with Crippen LogP contribution in [0.4, 0.5) is 11.4 Å². The van der Waals surface area contributed by atoms with Crippen molar-refractivity contribution >= 4 is 126 Å². The second kappa shape index (κ2) is 13.4. The van der Waals surface area contributed by atoms with Crippen LogP contribution in [-0.4, -0.2) is 11.8 Å². The number of rotatable bonds is 3. The van der Waals surface area contributed by atoms with Gasteiger partial charge in [-0.05, 0) is 133 Å². The Morgan fingerprint density at radius 2 is 1.24 bits per heavy atom. The molecule has 66 heavy (non-hydrogen) atoms. The molecular weight excluding hydrogens is 840 g/mol. The molecule has 4 aromatic heterocycles. The number of hydrogen-bond acceptors (Lipinski definition) is 4. The Morgan fingerprint density at radius 1 is 0.561 bits per heavy atom. The molecule has 0 saturated heterocycles. The van der Waals surface area contributed by atoms with Gasteiger partial charge >= 0.3 is 0 Å². The SMILES string of the molecule is CC(C)(C)c1ccc(Nc2cc3oc4cc5c(cc4c3cc2-c2ccc3c4cc6c(cc4n4c3c2[B]c2sc3ccc(C(C)(C)C)cc3c2-4)sc2ccccc26)C(C)(C)CCC5(C)C)cc1. The van der Waals surface area contributed by atoms with E-state index in [-0.39, 0.29) is 21.7 Å². The van der Waals surface area contributed by atoms with Crippen LogP contribution >= 0.6 is 22.7 Å². The molecule has 7 aromatic carbocycles. The highest BCUT2D eigenvalue weighted by Gasteiger charge is 2.38. The first-order chi connectivity index (χ1) is 31.4. The molecule has 1 N–H and O–H groups in total. The van der Waals surface area contributed by atoms with Gasteiger partial charge in [-0.15, -0.1) is 22.7 Å². The van der Waals surface area contributed by atoms with Crippen molar-refractivity contribution in [3.05, 3.63) is 138 Å². The third-order valence-corrected chi connectivity index (χ3v) is 17.7. The molecule has 1 aliphatic heterocycles. The van der Waals surface area contributed by atoms with Crippen LogP contribution in [0.1, 0.15) is 104 Å². The molecule has 13 rings (SSSR count). The standard InChI is InChI=1S/C60H54BN2OS2/c1-57(2,3)32-15-18-34(19-16-32)62-46-30-49-40(41-28-44-45(29-48(41)64-49)60(9,10)24-23-59(44,7)8)26-38(46)36-20-21-37-39-27-42-35-13-11-12-14-50(35)65-52(42)31-47(39)63-54(37)53(36)61-56-55(63)43-25-33(58(4,5)6)17-22-51(43)66-56/h11-22,25-31,62H,23-24H2,1-10H3. The maximum absolute atomic E-state index is 6.93. The minimum Gasteiger partial charge on any atom is -0.456 e. The fraction of sp³-hybridized carbons (Fsp3) is 0.267. The summed E-state index contributed by atoms with van der Waals surface area (Å²) >= 11 is 3.81. The highest BCUT2D eigenvalue weighted by Crippen LogP contribution is 2.50. The smallest absolute Gasteiger partial charge is 0.211 e. The first-order valence-electron chi connectivity index (χ1n) is 23.7. The van der Waals surface area contributed by atoms with Gasteiger partial charge in [-0.3, -0.25) is 0 Å². The molecule has 11 aromatic rings. The number of fused-ring (bicyclic) bond motifs is 14. The summed E-state index contributed by atoms with van der Waals surface area (Å²) < 4.78 is 14.8. The number of benzene rings is 7. The van der Waals surface area contributed by atoms with E-state index in [0.29, 0.717) is 0 Å². The predicted octanol–water partition coefficient (Wildman–Crippen LogP) is 16.6. The van der Waals surface area contributed by atoms with Crippen molar-refractivity contribution in [2.45, 2.75) is 104 Å². The lowest BCUT2D eigenvalue weighted by Crippen LogP contribution is -2.35. The van der Waals surface area contributed by atoms with Crippen LogP contribution in [-0.2, 0) is 21.7 Å². The van der Waals surface area contributed by atoms with Gasteiger partial charge in [0.05, 0.1) is 16.9 Å². The number of nitrogens with one attached hydrogen (secondary N) is 1. The van der Waals surface area contributed by atoms with Crippen LogP contribution in [0.3, 0.4) is 0 Å². The zero-order valence-corrected chi connectivity index (χ0v) is 41.3. The predicted molar refractivity (Wildman–Crippen MR) is 289 cm³/mol. The van der Waals surface area contributed by atoms with Crippen molar-refractivity contribution in [1.29, 1.82) is 0 Å². The van der Waals surface area contributed by atoms with Crippen molar-refractivity contribution in [1.82, 2.24) is 4.57 Å². The van der Waals surface area contributed by atoms with E-state index < -0.39 is 0 Å². The van der Waals surface area contributed by atoms with E-state index in [2.05, 4.69) is 202 Å². The lowest BCUT2D eigenvalue weighted by atomic mass is 9.63. The summed E-state index contributed by atoms with van der Waals surface area (Å²) in [5.41, 5.74) is 17.2. The number of thiophene rings is 2. The highest BCUT2D eigenvalue weighted by molar-refractivity contribution is 7.29. The molecule has 5 heterocycles. The third kappa shape index (κ3) is 5.86. The number of nitrogens with zero attached hydrogens (tertiary/aromatic N) is 1. The maximum Gasteiger partial charge on any atom is 0.211 e. The second-order valence-electron chi connectivity index (χ2n) is 22.8. The Hall–Kier alpha value is -5.82. The van der Waals surface area contributed by atoms with Gasteiger partial charge in [0, 0.05) is 74.6 Å². The number of hydrogen-bond donors (Lipinski definition) is 1. The lowest BCUT2D eigenvalue weighted by Gasteiger charge is -2.41. The summed E-state index contributed by atoms with van der Waals surface area (Å²) in [6, 6.07) is 44.3. The summed E-state index contributed by atoms with van der Waals surface area (Å²) in [5, 5.41) is 12.9. The van der Waals surface area contributed by atoms with Gasteiger partial charge in [0.25, 0.3) is 0 Å². The normalized spacial score (nSPS) is 15.7. The second-order valence-corrected chi connectivity index (χ2v) is 24.9. The van der Waals surface area contributed by atoms with E-state index in [4.69, 9.17) is 4.42 Å². The first kappa shape index (κ1) is 40.5. The molecule has 325 valence electrons. The minimum absolute atomic E-state index is 0.0292. The van der Waals surface area contributed by atoms with Crippen molar-refractivity contribution in [3.8, 4) is 16.8 Å². The molecule has 0 bridgehead atoms. The molecule has 0 saturated carbocycles. The molecule has 1 aliphatic carbocycles. The molecule has 0 atom stereocenters. The van der Waals surface area contributed by atoms with E-state index in [1.807, 2.05) is 22.7 Å². The zero-order valence-electron chi connectivity index (χ0n) is 39.6. The summed E-state index contributed by atoms with van der Waals surface area (Å²) in [7, 11) is 2.51. The van der Waals surface area contributed by atoms with Gasteiger partial charge < -0.3 is 14.3 Å². The fourth-order valence-corrected chi connectivity index (χ4v) is 13.6. The van der Waals surface area contributed by atoms with Crippen LogP contribution in [0.25, 0.3) is 90.8 Å². The molecule has 3 nitrogen and oxygen atoms in total. The van der Waals surface area contributed by atoms with Crippen LogP contribution in [0.5, 0.6) is 0 Å². The van der Waals surface area contributed by atoms with Crippen LogP contribution in [0.2, 0.25) is 0 Å². The summed E-state index contributed by atoms with van der Waals surface area (Å²) in [4.78, 5) is 0. The van der Waals surface area contributed by atoms with Gasteiger partial charge in [-0.1, -0.05) is 118 Å². The largest absolute Gasteiger partial charge is 0.456 e. The van der Waals surface area contributed by atoms with Gasteiger partial charge in [0.2, 0.25) is 7.28 Å². The van der Waals surface area contributed by atoms with Crippen LogP contribution in [0, 0.1) is 0 Å². The van der Waals surface area contributed by atoms with Gasteiger partial charge in [-0.2, -0.15) is 0 Å². The summed E-state index contributed by atoms with van der Waals surface area (Å²) in [6.45, 7) is 23.4. The number of aromatic nitrogens is 1. The van der Waals surface area contributed by atoms with Crippen molar-refractivity contribution in [2.24, 2.45) is 0 Å². The Morgan fingerprint density at radius 3 is 2.00 bits per heavy atom. The van der Waals surface area contributed by atoms with Crippen molar-refractivity contribution < 1.29 is 4.42 Å². The van der Waals surface area contributed by atoms with E-state index in [0.717, 1.165) is 34.3 Å². The van der Waals surface area contributed by atoms with Crippen molar-refractivity contribution in [3.63, 3.8) is 0 Å². The molecule has 0 spiro atoms. The molecular formula is C60H54BN2OS2. The Bertz CT molecular complexity index is 3890. The fourth-order valence-electron chi connectivity index (χ4n) is 11.4. The number of anilines is 2. The van der Waals surface area contributed by atoms with E-state index in [1.54, 1.807) is 0 Å². The summed E-state index contributed by atoms with van der Waals surface area (Å²) in [6.07, 6.45) is 2.33. The average molecular weight is 894 g/mol. The quantitative estimate of drug-likeness (QED) is 0.179. The molecule has 6 heteroatoms. The highest BCUT2D eigenvalue weighted by atomic mass is 32.1. The summed E-state index contributed by atoms with van der Waals surface area (Å²) in [5.74, 6) is 0. The first-order valence-corrected chi connectivity index (χ1v) is 25.3. The van der Waals surface area contributed by atoms with Gasteiger partial charge in [-0.25, -0.2) is 0 Å². The Labute approximate surface area is 395 Å². The van der Waals surface area contributed by atoms with E-state index >= 15 is 0 Å².